The van der Waals surface area contributed by atoms with Crippen molar-refractivity contribution in [3.05, 3.63) is 11.7 Å². The molecule has 2 atom stereocenters. The van der Waals surface area contributed by atoms with Crippen molar-refractivity contribution in [1.82, 2.24) is 15.0 Å². The van der Waals surface area contributed by atoms with Gasteiger partial charge in [-0.15, -0.1) is 0 Å². The van der Waals surface area contributed by atoms with E-state index in [4.69, 9.17) is 14.0 Å². The summed E-state index contributed by atoms with van der Waals surface area (Å²) in [5, 5.41) is 4.06. The molecule has 2 aliphatic heterocycles. The number of aromatic nitrogens is 2. The van der Waals surface area contributed by atoms with Crippen molar-refractivity contribution in [2.45, 2.75) is 64.2 Å². The van der Waals surface area contributed by atoms with E-state index in [1.165, 1.54) is 0 Å². The Balaban J connectivity index is 1.60. The maximum atomic E-state index is 5.78. The predicted octanol–water partition coefficient (Wildman–Crippen LogP) is 2.35. The van der Waals surface area contributed by atoms with E-state index in [1.54, 1.807) is 0 Å². The summed E-state index contributed by atoms with van der Waals surface area (Å²) < 4.78 is 17.0. The van der Waals surface area contributed by atoms with E-state index in [9.17, 15) is 0 Å². The average molecular weight is 309 g/mol. The van der Waals surface area contributed by atoms with E-state index in [0.29, 0.717) is 30.6 Å². The van der Waals surface area contributed by atoms with Gasteiger partial charge in [0.05, 0.1) is 18.8 Å². The maximum absolute atomic E-state index is 5.78. The summed E-state index contributed by atoms with van der Waals surface area (Å²) in [5.74, 6) is 1.77. The van der Waals surface area contributed by atoms with Crippen molar-refractivity contribution in [2.75, 3.05) is 26.3 Å². The summed E-state index contributed by atoms with van der Waals surface area (Å²) in [5.41, 5.74) is 0. The molecule has 1 aromatic rings. The van der Waals surface area contributed by atoms with E-state index in [1.807, 2.05) is 0 Å². The quantitative estimate of drug-likeness (QED) is 0.770. The van der Waals surface area contributed by atoms with Gasteiger partial charge in [0.25, 0.3) is 0 Å². The lowest BCUT2D eigenvalue weighted by atomic mass is 10.2. The molecule has 6 heteroatoms. The average Bonchev–Trinajstić information content (AvgIpc) is 3.19. The smallest absolute Gasteiger partial charge is 0.240 e. The Bertz CT molecular complexity index is 433. The zero-order valence-corrected chi connectivity index (χ0v) is 13.7. The third kappa shape index (κ3) is 4.27. The minimum Gasteiger partial charge on any atom is -0.377 e. The molecule has 0 amide bonds. The van der Waals surface area contributed by atoms with Crippen LogP contribution in [0.5, 0.6) is 0 Å². The molecule has 3 heterocycles. The fourth-order valence-electron chi connectivity index (χ4n) is 3.11. The molecule has 3 rings (SSSR count). The van der Waals surface area contributed by atoms with Gasteiger partial charge in [0.15, 0.2) is 5.82 Å². The summed E-state index contributed by atoms with van der Waals surface area (Å²) >= 11 is 0. The van der Waals surface area contributed by atoms with Crippen molar-refractivity contribution in [2.24, 2.45) is 0 Å². The van der Waals surface area contributed by atoms with Crippen LogP contribution in [0.2, 0.25) is 0 Å². The third-order valence-electron chi connectivity index (χ3n) is 4.33. The van der Waals surface area contributed by atoms with Gasteiger partial charge < -0.3 is 14.0 Å². The molecule has 2 aliphatic rings. The van der Waals surface area contributed by atoms with Crippen LogP contribution in [0.4, 0.5) is 0 Å². The number of hydrogen-bond acceptors (Lipinski definition) is 6. The Morgan fingerprint density at radius 1 is 1.09 bits per heavy atom. The first kappa shape index (κ1) is 15.9. The molecule has 2 saturated heterocycles. The minimum absolute atomic E-state index is 0.294. The van der Waals surface area contributed by atoms with E-state index in [0.717, 1.165) is 57.8 Å². The molecule has 0 bridgehead atoms. The largest absolute Gasteiger partial charge is 0.377 e. The van der Waals surface area contributed by atoms with Crippen LogP contribution in [0.25, 0.3) is 0 Å². The van der Waals surface area contributed by atoms with E-state index < -0.39 is 0 Å². The van der Waals surface area contributed by atoms with Gasteiger partial charge >= 0.3 is 0 Å². The van der Waals surface area contributed by atoms with Crippen molar-refractivity contribution in [1.29, 1.82) is 0 Å². The highest BCUT2D eigenvalue weighted by Gasteiger charge is 2.25. The molecule has 6 nitrogen and oxygen atoms in total. The fraction of sp³-hybridized carbons (Fsp3) is 0.875. The highest BCUT2D eigenvalue weighted by molar-refractivity contribution is 4.92. The van der Waals surface area contributed by atoms with Crippen molar-refractivity contribution in [3.63, 3.8) is 0 Å². The molecule has 0 radical (unpaired) electrons. The van der Waals surface area contributed by atoms with E-state index in [-0.39, 0.29) is 0 Å². The van der Waals surface area contributed by atoms with Crippen LogP contribution in [-0.2, 0) is 16.0 Å². The maximum Gasteiger partial charge on any atom is 0.240 e. The van der Waals surface area contributed by atoms with Crippen LogP contribution in [0.3, 0.4) is 0 Å². The molecule has 0 spiro atoms. The van der Waals surface area contributed by atoms with Gasteiger partial charge in [0, 0.05) is 32.2 Å². The highest BCUT2D eigenvalue weighted by Crippen LogP contribution is 2.19. The number of hydrogen-bond donors (Lipinski definition) is 0. The van der Waals surface area contributed by atoms with Gasteiger partial charge in [-0.05, 0) is 25.7 Å². The predicted molar refractivity (Wildman–Crippen MR) is 81.6 cm³/mol. The first-order valence-electron chi connectivity index (χ1n) is 8.48. The highest BCUT2D eigenvalue weighted by atomic mass is 16.5. The number of nitrogens with zero attached hydrogens (tertiary/aromatic N) is 3. The Morgan fingerprint density at radius 3 is 2.18 bits per heavy atom. The van der Waals surface area contributed by atoms with Gasteiger partial charge in [-0.3, -0.25) is 4.90 Å². The van der Waals surface area contributed by atoms with Gasteiger partial charge in [-0.25, -0.2) is 0 Å². The first-order chi connectivity index (χ1) is 10.7. The lowest BCUT2D eigenvalue weighted by molar-refractivity contribution is 0.0309. The first-order valence-corrected chi connectivity index (χ1v) is 8.48. The third-order valence-corrected chi connectivity index (χ3v) is 4.33. The fourth-order valence-corrected chi connectivity index (χ4v) is 3.11. The Kier molecular flexibility index (Phi) is 5.44. The van der Waals surface area contributed by atoms with Crippen LogP contribution < -0.4 is 0 Å². The summed E-state index contributed by atoms with van der Waals surface area (Å²) in [6.07, 6.45) is 5.27. The van der Waals surface area contributed by atoms with Crippen LogP contribution in [0.15, 0.2) is 4.52 Å². The second-order valence-corrected chi connectivity index (χ2v) is 6.67. The van der Waals surface area contributed by atoms with Gasteiger partial charge in [-0.2, -0.15) is 4.98 Å². The van der Waals surface area contributed by atoms with Gasteiger partial charge in [-0.1, -0.05) is 19.0 Å². The van der Waals surface area contributed by atoms with Crippen LogP contribution in [0, 0.1) is 0 Å². The number of rotatable bonds is 7. The van der Waals surface area contributed by atoms with Crippen LogP contribution in [-0.4, -0.2) is 53.6 Å². The summed E-state index contributed by atoms with van der Waals surface area (Å²) in [6.45, 7) is 8.43. The molecule has 0 unspecified atom stereocenters. The van der Waals surface area contributed by atoms with Gasteiger partial charge in [0.1, 0.15) is 0 Å². The van der Waals surface area contributed by atoms with Crippen molar-refractivity contribution in [3.8, 4) is 0 Å². The molecule has 1 aromatic heterocycles. The lowest BCUT2D eigenvalue weighted by Crippen LogP contribution is -2.37. The molecule has 0 N–H and O–H groups in total. The van der Waals surface area contributed by atoms with Crippen LogP contribution in [0.1, 0.15) is 57.2 Å². The molecule has 2 fully saturated rings. The Labute approximate surface area is 132 Å². The summed E-state index contributed by atoms with van der Waals surface area (Å²) in [7, 11) is 0. The normalized spacial score (nSPS) is 25.6. The van der Waals surface area contributed by atoms with Crippen molar-refractivity contribution >= 4 is 0 Å². The second-order valence-electron chi connectivity index (χ2n) is 6.67. The van der Waals surface area contributed by atoms with E-state index in [2.05, 4.69) is 28.9 Å². The van der Waals surface area contributed by atoms with Crippen LogP contribution >= 0.6 is 0 Å². The molecular formula is C16H27N3O3. The lowest BCUT2D eigenvalue weighted by Gasteiger charge is -2.26. The minimum atomic E-state index is 0.294. The standard InChI is InChI=1S/C16H27N3O3/c1-12(2)16-17-15(22-18-16)11-19(9-13-5-3-7-20-13)10-14-6-4-8-21-14/h12-14H,3-11H2,1-2H3/t13-,14-/m1/s1. The molecular weight excluding hydrogens is 282 g/mol. The van der Waals surface area contributed by atoms with Crippen molar-refractivity contribution < 1.29 is 14.0 Å². The molecule has 22 heavy (non-hydrogen) atoms. The Morgan fingerprint density at radius 2 is 1.73 bits per heavy atom. The summed E-state index contributed by atoms with van der Waals surface area (Å²) in [6, 6.07) is 0. The molecule has 0 aliphatic carbocycles. The monoisotopic (exact) mass is 309 g/mol. The Hall–Kier alpha value is -0.980. The van der Waals surface area contributed by atoms with Gasteiger partial charge in [0.2, 0.25) is 5.89 Å². The molecule has 124 valence electrons. The zero-order valence-electron chi connectivity index (χ0n) is 13.7. The second kappa shape index (κ2) is 7.53. The van der Waals surface area contributed by atoms with E-state index >= 15 is 0 Å². The topological polar surface area (TPSA) is 60.6 Å². The zero-order chi connectivity index (χ0) is 15.4. The molecule has 0 aromatic carbocycles. The number of ether oxygens (including phenoxy) is 2. The summed E-state index contributed by atoms with van der Waals surface area (Å²) in [4.78, 5) is 6.85. The SMILES string of the molecule is CC(C)c1noc(CN(C[C@H]2CCCO2)C[C@H]2CCCO2)n1. The molecule has 0 saturated carbocycles.